The molecule has 1 aliphatic heterocycles. The summed E-state index contributed by atoms with van der Waals surface area (Å²) in [5, 5.41) is 3.25. The predicted octanol–water partition coefficient (Wildman–Crippen LogP) is -0.124. The molecule has 13 heavy (non-hydrogen) atoms. The van der Waals surface area contributed by atoms with Gasteiger partial charge in [-0.3, -0.25) is 4.79 Å². The van der Waals surface area contributed by atoms with Gasteiger partial charge in [0.25, 0.3) is 0 Å². The van der Waals surface area contributed by atoms with Crippen LogP contribution in [-0.2, 0) is 9.53 Å². The SMILES string of the molecule is CC(COC1CCNCC1)C(N)=O. The number of carbonyl (C=O) groups excluding carboxylic acids is 1. The molecule has 1 heterocycles. The lowest BCUT2D eigenvalue weighted by molar-refractivity contribution is -0.124. The molecule has 1 rings (SSSR count). The topological polar surface area (TPSA) is 64.3 Å². The lowest BCUT2D eigenvalue weighted by atomic mass is 10.1. The lowest BCUT2D eigenvalue weighted by Crippen LogP contribution is -2.34. The smallest absolute Gasteiger partial charge is 0.222 e. The molecule has 0 saturated carbocycles. The van der Waals surface area contributed by atoms with Crippen LogP contribution in [0, 0.1) is 5.92 Å². The third kappa shape index (κ3) is 3.74. The maximum atomic E-state index is 10.7. The van der Waals surface area contributed by atoms with Crippen LogP contribution in [0.15, 0.2) is 0 Å². The van der Waals surface area contributed by atoms with Gasteiger partial charge in [0.1, 0.15) is 0 Å². The molecule has 0 bridgehead atoms. The number of hydrogen-bond acceptors (Lipinski definition) is 3. The van der Waals surface area contributed by atoms with Crippen LogP contribution in [0.4, 0.5) is 0 Å². The van der Waals surface area contributed by atoms with E-state index in [1.54, 1.807) is 6.92 Å². The maximum Gasteiger partial charge on any atom is 0.222 e. The molecule has 0 aromatic carbocycles. The molecular formula is C9H18N2O2. The van der Waals surface area contributed by atoms with Gasteiger partial charge in [-0.2, -0.15) is 0 Å². The second-order valence-corrected chi connectivity index (χ2v) is 3.59. The van der Waals surface area contributed by atoms with Crippen molar-refractivity contribution in [1.82, 2.24) is 5.32 Å². The quantitative estimate of drug-likeness (QED) is 0.643. The molecule has 0 aromatic rings. The standard InChI is InChI=1S/C9H18N2O2/c1-7(9(10)12)6-13-8-2-4-11-5-3-8/h7-8,11H,2-6H2,1H3,(H2,10,12). The summed E-state index contributed by atoms with van der Waals surface area (Å²) in [6.45, 7) is 4.27. The van der Waals surface area contributed by atoms with Crippen molar-refractivity contribution in [3.05, 3.63) is 0 Å². The number of piperidine rings is 1. The average Bonchev–Trinajstić information content (AvgIpc) is 2.15. The van der Waals surface area contributed by atoms with Gasteiger partial charge in [0.15, 0.2) is 0 Å². The fourth-order valence-corrected chi connectivity index (χ4v) is 1.32. The third-order valence-electron chi connectivity index (χ3n) is 2.35. The van der Waals surface area contributed by atoms with E-state index in [0.717, 1.165) is 25.9 Å². The molecule has 1 fully saturated rings. The molecule has 4 nitrogen and oxygen atoms in total. The Balaban J connectivity index is 2.13. The summed E-state index contributed by atoms with van der Waals surface area (Å²) in [4.78, 5) is 10.7. The fourth-order valence-electron chi connectivity index (χ4n) is 1.32. The van der Waals surface area contributed by atoms with Gasteiger partial charge in [-0.1, -0.05) is 6.92 Å². The van der Waals surface area contributed by atoms with E-state index in [9.17, 15) is 4.79 Å². The minimum atomic E-state index is -0.283. The summed E-state index contributed by atoms with van der Waals surface area (Å²) in [5.74, 6) is -0.455. The Bertz CT molecular complexity index is 167. The Kier molecular flexibility index (Phi) is 4.18. The van der Waals surface area contributed by atoms with E-state index in [1.165, 1.54) is 0 Å². The van der Waals surface area contributed by atoms with Crippen molar-refractivity contribution >= 4 is 5.91 Å². The number of nitrogens with two attached hydrogens (primary N) is 1. The summed E-state index contributed by atoms with van der Waals surface area (Å²) in [5.41, 5.74) is 5.12. The number of amides is 1. The molecule has 0 radical (unpaired) electrons. The van der Waals surface area contributed by atoms with Crippen molar-refractivity contribution in [1.29, 1.82) is 0 Å². The first-order valence-electron chi connectivity index (χ1n) is 4.82. The number of primary amides is 1. The van der Waals surface area contributed by atoms with Crippen molar-refractivity contribution in [3.63, 3.8) is 0 Å². The first-order valence-corrected chi connectivity index (χ1v) is 4.82. The summed E-state index contributed by atoms with van der Waals surface area (Å²) in [6.07, 6.45) is 2.37. The first kappa shape index (κ1) is 10.5. The van der Waals surface area contributed by atoms with E-state index in [1.807, 2.05) is 0 Å². The second kappa shape index (κ2) is 5.19. The highest BCUT2D eigenvalue weighted by molar-refractivity contribution is 5.76. The minimum Gasteiger partial charge on any atom is -0.377 e. The van der Waals surface area contributed by atoms with Gasteiger partial charge in [-0.05, 0) is 25.9 Å². The summed E-state index contributed by atoms with van der Waals surface area (Å²) < 4.78 is 5.57. The molecule has 1 atom stereocenters. The lowest BCUT2D eigenvalue weighted by Gasteiger charge is -2.23. The van der Waals surface area contributed by atoms with Crippen molar-refractivity contribution in [3.8, 4) is 0 Å². The van der Waals surface area contributed by atoms with Crippen LogP contribution in [-0.4, -0.2) is 31.7 Å². The molecule has 3 N–H and O–H groups in total. The largest absolute Gasteiger partial charge is 0.377 e. The normalized spacial score (nSPS) is 21.3. The fraction of sp³-hybridized carbons (Fsp3) is 0.889. The van der Waals surface area contributed by atoms with E-state index >= 15 is 0 Å². The van der Waals surface area contributed by atoms with Crippen molar-refractivity contribution < 1.29 is 9.53 Å². The van der Waals surface area contributed by atoms with Crippen LogP contribution >= 0.6 is 0 Å². The van der Waals surface area contributed by atoms with Crippen molar-refractivity contribution in [2.24, 2.45) is 11.7 Å². The van der Waals surface area contributed by atoms with Crippen molar-refractivity contribution in [2.75, 3.05) is 19.7 Å². The van der Waals surface area contributed by atoms with E-state index in [0.29, 0.717) is 12.7 Å². The number of rotatable bonds is 4. The summed E-state index contributed by atoms with van der Waals surface area (Å²) in [6, 6.07) is 0. The Morgan fingerprint density at radius 3 is 2.77 bits per heavy atom. The maximum absolute atomic E-state index is 10.7. The van der Waals surface area contributed by atoms with E-state index < -0.39 is 0 Å². The van der Waals surface area contributed by atoms with Gasteiger partial charge in [-0.25, -0.2) is 0 Å². The predicted molar refractivity (Wildman–Crippen MR) is 50.2 cm³/mol. The molecular weight excluding hydrogens is 168 g/mol. The zero-order valence-electron chi connectivity index (χ0n) is 8.08. The molecule has 1 unspecified atom stereocenters. The molecule has 0 aromatic heterocycles. The minimum absolute atomic E-state index is 0.171. The van der Waals surface area contributed by atoms with Crippen LogP contribution in [0.25, 0.3) is 0 Å². The van der Waals surface area contributed by atoms with Crippen LogP contribution in [0.1, 0.15) is 19.8 Å². The highest BCUT2D eigenvalue weighted by Gasteiger charge is 2.16. The average molecular weight is 186 g/mol. The highest BCUT2D eigenvalue weighted by Crippen LogP contribution is 2.08. The van der Waals surface area contributed by atoms with E-state index in [4.69, 9.17) is 10.5 Å². The Morgan fingerprint density at radius 2 is 2.23 bits per heavy atom. The number of hydrogen-bond donors (Lipinski definition) is 2. The number of ether oxygens (including phenoxy) is 1. The van der Waals surface area contributed by atoms with Crippen molar-refractivity contribution in [2.45, 2.75) is 25.9 Å². The Labute approximate surface area is 78.8 Å². The third-order valence-corrected chi connectivity index (χ3v) is 2.35. The van der Waals surface area contributed by atoms with E-state index in [-0.39, 0.29) is 11.8 Å². The summed E-state index contributed by atoms with van der Waals surface area (Å²) in [7, 11) is 0. The molecule has 0 spiro atoms. The highest BCUT2D eigenvalue weighted by atomic mass is 16.5. The van der Waals surface area contributed by atoms with Crippen LogP contribution in [0.5, 0.6) is 0 Å². The van der Waals surface area contributed by atoms with Crippen LogP contribution in [0.2, 0.25) is 0 Å². The van der Waals surface area contributed by atoms with Gasteiger partial charge in [0.2, 0.25) is 5.91 Å². The zero-order valence-corrected chi connectivity index (χ0v) is 8.08. The zero-order chi connectivity index (χ0) is 9.68. The Hall–Kier alpha value is -0.610. The van der Waals surface area contributed by atoms with Gasteiger partial charge < -0.3 is 15.8 Å². The first-order chi connectivity index (χ1) is 6.20. The summed E-state index contributed by atoms with van der Waals surface area (Å²) >= 11 is 0. The van der Waals surface area contributed by atoms with Gasteiger partial charge in [0.05, 0.1) is 18.6 Å². The van der Waals surface area contributed by atoms with Gasteiger partial charge in [-0.15, -0.1) is 0 Å². The second-order valence-electron chi connectivity index (χ2n) is 3.59. The number of nitrogens with one attached hydrogen (secondary N) is 1. The van der Waals surface area contributed by atoms with E-state index in [2.05, 4.69) is 5.32 Å². The molecule has 4 heteroatoms. The van der Waals surface area contributed by atoms with Gasteiger partial charge >= 0.3 is 0 Å². The number of carbonyl (C=O) groups is 1. The van der Waals surface area contributed by atoms with Gasteiger partial charge in [0, 0.05) is 0 Å². The molecule has 1 aliphatic rings. The Morgan fingerprint density at radius 1 is 1.62 bits per heavy atom. The molecule has 76 valence electrons. The van der Waals surface area contributed by atoms with Crippen LogP contribution < -0.4 is 11.1 Å². The monoisotopic (exact) mass is 186 g/mol. The molecule has 1 amide bonds. The molecule has 1 saturated heterocycles. The van der Waals surface area contributed by atoms with Crippen LogP contribution in [0.3, 0.4) is 0 Å². The molecule has 0 aliphatic carbocycles.